The van der Waals surface area contributed by atoms with Gasteiger partial charge in [0.15, 0.2) is 0 Å². The molecule has 0 amide bonds. The van der Waals surface area contributed by atoms with Crippen molar-refractivity contribution in [3.8, 4) is 0 Å². The highest BCUT2D eigenvalue weighted by molar-refractivity contribution is 6.23. The Labute approximate surface area is 227 Å². The van der Waals surface area contributed by atoms with E-state index in [9.17, 15) is 47.9 Å². The maximum atomic E-state index is 11.2. The number of carboxylic acids is 10. The van der Waals surface area contributed by atoms with E-state index < -0.39 is 115 Å². The summed E-state index contributed by atoms with van der Waals surface area (Å²) in [6.07, 6.45) is 0. The fraction of sp³-hybridized carbons (Fsp3) is 0. The molecule has 0 saturated carbocycles. The number of rotatable bonds is 10. The fourth-order valence-corrected chi connectivity index (χ4v) is 3.44. The first-order chi connectivity index (χ1) is 19.2. The van der Waals surface area contributed by atoms with Crippen LogP contribution in [0.5, 0.6) is 0 Å². The van der Waals surface area contributed by atoms with Gasteiger partial charge in [0.05, 0.1) is 55.6 Å². The molecule has 2 aromatic carbocycles. The number of hydrogen-bond acceptors (Lipinski definition) is 10. The van der Waals surface area contributed by atoms with Crippen LogP contribution in [0.15, 0.2) is 12.1 Å². The Balaban J connectivity index is 0.000000437. The molecule has 2 aromatic rings. The van der Waals surface area contributed by atoms with Gasteiger partial charge < -0.3 is 51.1 Å². The first-order valence-electron chi connectivity index (χ1n) is 9.94. The summed E-state index contributed by atoms with van der Waals surface area (Å²) in [6, 6.07) is 1.48. The molecule has 0 saturated heterocycles. The highest BCUT2D eigenvalue weighted by Gasteiger charge is 2.40. The molecule has 10 N–H and O–H groups in total. The Bertz CT molecular complexity index is 1390. The zero-order chi connectivity index (χ0) is 33.0. The van der Waals surface area contributed by atoms with Crippen LogP contribution in [0.2, 0.25) is 0 Å². The Kier molecular flexibility index (Phi) is 9.74. The predicted octanol–water partition coefficient (Wildman–Crippen LogP) is 0.355. The molecule has 0 radical (unpaired) electrons. The number of benzene rings is 2. The highest BCUT2D eigenvalue weighted by Crippen LogP contribution is 2.30. The van der Waals surface area contributed by atoms with E-state index in [2.05, 4.69) is 0 Å². The van der Waals surface area contributed by atoms with E-state index in [1.807, 2.05) is 0 Å². The van der Waals surface area contributed by atoms with Crippen molar-refractivity contribution in [3.63, 3.8) is 0 Å². The maximum Gasteiger partial charge on any atom is 0.337 e. The molecule has 0 aliphatic heterocycles. The van der Waals surface area contributed by atoms with Gasteiger partial charge >= 0.3 is 59.7 Å². The van der Waals surface area contributed by atoms with Gasteiger partial charge in [0.25, 0.3) is 0 Å². The third-order valence-corrected chi connectivity index (χ3v) is 4.88. The van der Waals surface area contributed by atoms with Crippen LogP contribution >= 0.6 is 0 Å². The van der Waals surface area contributed by atoms with Crippen LogP contribution in [0.25, 0.3) is 0 Å². The van der Waals surface area contributed by atoms with E-state index in [-0.39, 0.29) is 0 Å². The first kappa shape index (κ1) is 33.2. The van der Waals surface area contributed by atoms with Crippen LogP contribution in [-0.2, 0) is 0 Å². The average molecular weight is 596 g/mol. The lowest BCUT2D eigenvalue weighted by Crippen LogP contribution is -2.27. The predicted molar refractivity (Wildman–Crippen MR) is 122 cm³/mol. The van der Waals surface area contributed by atoms with Crippen molar-refractivity contribution >= 4 is 59.7 Å². The number of carbonyl (C=O) groups is 10. The van der Waals surface area contributed by atoms with Crippen LogP contribution in [-0.4, -0.2) is 111 Å². The second-order valence-electron chi connectivity index (χ2n) is 7.21. The summed E-state index contributed by atoms with van der Waals surface area (Å²) in [7, 11) is 0. The molecule has 0 aliphatic carbocycles. The molecule has 220 valence electrons. The fourth-order valence-electron chi connectivity index (χ4n) is 3.44. The monoisotopic (exact) mass is 596 g/mol. The molecule has 0 fully saturated rings. The lowest BCUT2D eigenvalue weighted by atomic mass is 9.86. The lowest BCUT2D eigenvalue weighted by Gasteiger charge is -2.15. The van der Waals surface area contributed by atoms with Gasteiger partial charge in [-0.15, -0.1) is 0 Å². The van der Waals surface area contributed by atoms with Gasteiger partial charge in [0.1, 0.15) is 0 Å². The van der Waals surface area contributed by atoms with Crippen LogP contribution in [0.1, 0.15) is 104 Å². The summed E-state index contributed by atoms with van der Waals surface area (Å²) in [4.78, 5) is 111. The SMILES string of the molecule is O=C(O)c1c(C(=O)O)c(C(=O)O)c(C(=O)O)c(C(=O)O)c1C(=O)O.O=C(O)c1ccc(C(=O)O)c(C(=O)O)c1C(=O)O. The van der Waals surface area contributed by atoms with Crippen molar-refractivity contribution in [2.75, 3.05) is 0 Å². The van der Waals surface area contributed by atoms with Crippen LogP contribution in [0.3, 0.4) is 0 Å². The van der Waals surface area contributed by atoms with Crippen LogP contribution in [0, 0.1) is 0 Å². The molecule has 0 unspecified atom stereocenters. The zero-order valence-corrected chi connectivity index (χ0v) is 19.7. The standard InChI is InChI=1S/C12H6O12.C10H6O8/c13-7(14)1-2(8(15)16)4(10(19)20)6(12(23)24)5(11(21)22)3(1)9(17)18;11-7(12)3-1-2-4(8(13)14)6(10(17)18)5(3)9(15)16/h(H,13,14)(H,15,16)(H,17,18)(H,19,20)(H,21,22)(H,23,24);1-2H,(H,11,12)(H,13,14)(H,15,16)(H,17,18). The molecule has 2 rings (SSSR count). The lowest BCUT2D eigenvalue weighted by molar-refractivity contribution is 0.0592. The molecule has 0 bridgehead atoms. The third-order valence-electron chi connectivity index (χ3n) is 4.88. The second-order valence-corrected chi connectivity index (χ2v) is 7.21. The zero-order valence-electron chi connectivity index (χ0n) is 19.7. The van der Waals surface area contributed by atoms with E-state index in [0.717, 1.165) is 12.1 Å². The van der Waals surface area contributed by atoms with Gasteiger partial charge in [-0.3, -0.25) is 0 Å². The molecule has 0 aliphatic rings. The van der Waals surface area contributed by atoms with E-state index in [1.54, 1.807) is 0 Å². The quantitative estimate of drug-likeness (QED) is 0.177. The summed E-state index contributed by atoms with van der Waals surface area (Å²) in [5, 5.41) is 89.3. The second kappa shape index (κ2) is 12.3. The van der Waals surface area contributed by atoms with Crippen molar-refractivity contribution in [1.82, 2.24) is 0 Å². The maximum absolute atomic E-state index is 11.2. The molecular formula is C22H12O20. The van der Waals surface area contributed by atoms with Gasteiger partial charge in [-0.25, -0.2) is 47.9 Å². The van der Waals surface area contributed by atoms with Crippen LogP contribution < -0.4 is 0 Å². The summed E-state index contributed by atoms with van der Waals surface area (Å²) >= 11 is 0. The van der Waals surface area contributed by atoms with Crippen molar-refractivity contribution in [2.24, 2.45) is 0 Å². The highest BCUT2D eigenvalue weighted by atomic mass is 16.4. The largest absolute Gasteiger partial charge is 0.478 e. The van der Waals surface area contributed by atoms with E-state index in [0.29, 0.717) is 0 Å². The minimum atomic E-state index is -2.26. The van der Waals surface area contributed by atoms with Gasteiger partial charge in [-0.2, -0.15) is 0 Å². The normalized spacial score (nSPS) is 9.90. The Morgan fingerprint density at radius 2 is 0.405 bits per heavy atom. The number of aromatic carboxylic acids is 10. The summed E-state index contributed by atoms with van der Waals surface area (Å²) in [5.41, 5.74) is -13.6. The molecule has 0 aromatic heterocycles. The molecule has 20 nitrogen and oxygen atoms in total. The first-order valence-corrected chi connectivity index (χ1v) is 9.94. The Hall–Kier alpha value is -6.86. The Morgan fingerprint density at radius 3 is 0.500 bits per heavy atom. The van der Waals surface area contributed by atoms with E-state index >= 15 is 0 Å². The Morgan fingerprint density at radius 1 is 0.262 bits per heavy atom. The van der Waals surface area contributed by atoms with Crippen molar-refractivity contribution in [2.45, 2.75) is 0 Å². The van der Waals surface area contributed by atoms with Gasteiger partial charge in [0, 0.05) is 0 Å². The molecule has 0 spiro atoms. The van der Waals surface area contributed by atoms with Crippen molar-refractivity contribution in [1.29, 1.82) is 0 Å². The van der Waals surface area contributed by atoms with E-state index in [1.165, 1.54) is 0 Å². The molecular weight excluding hydrogens is 584 g/mol. The topological polar surface area (TPSA) is 373 Å². The third kappa shape index (κ3) is 6.23. The van der Waals surface area contributed by atoms with Crippen molar-refractivity contribution < 1.29 is 99.0 Å². The smallest absolute Gasteiger partial charge is 0.337 e. The molecule has 0 heterocycles. The van der Waals surface area contributed by atoms with Gasteiger partial charge in [-0.05, 0) is 12.1 Å². The number of carboxylic acid groups (broad SMARTS) is 10. The van der Waals surface area contributed by atoms with Gasteiger partial charge in [-0.1, -0.05) is 0 Å². The van der Waals surface area contributed by atoms with Crippen LogP contribution in [0.4, 0.5) is 0 Å². The molecule has 0 atom stereocenters. The minimum absolute atomic E-state index is 0.738. The van der Waals surface area contributed by atoms with E-state index in [4.69, 9.17) is 51.1 Å². The average Bonchev–Trinajstić information content (AvgIpc) is 2.85. The van der Waals surface area contributed by atoms with Gasteiger partial charge in [0.2, 0.25) is 0 Å². The minimum Gasteiger partial charge on any atom is -0.478 e. The van der Waals surface area contributed by atoms with Crippen molar-refractivity contribution in [3.05, 3.63) is 67.8 Å². The summed E-state index contributed by atoms with van der Waals surface area (Å²) in [5.74, 6) is -20.5. The molecule has 20 heteroatoms. The summed E-state index contributed by atoms with van der Waals surface area (Å²) < 4.78 is 0. The summed E-state index contributed by atoms with van der Waals surface area (Å²) in [6.45, 7) is 0. The molecule has 42 heavy (non-hydrogen) atoms. The number of hydrogen-bond donors (Lipinski definition) is 10.